The third-order valence-electron chi connectivity index (χ3n) is 4.73. The Kier molecular flexibility index (Phi) is 5.37. The Morgan fingerprint density at radius 3 is 2.62 bits per heavy atom. The van der Waals surface area contributed by atoms with E-state index in [1.807, 2.05) is 19.1 Å². The summed E-state index contributed by atoms with van der Waals surface area (Å²) in [7, 11) is 0. The van der Waals surface area contributed by atoms with E-state index in [-0.39, 0.29) is 22.6 Å². The molecule has 1 aliphatic carbocycles. The number of nitrogens with zero attached hydrogens (tertiary/aromatic N) is 1. The first-order chi connectivity index (χ1) is 11.5. The van der Waals surface area contributed by atoms with Crippen molar-refractivity contribution in [2.45, 2.75) is 56.0 Å². The molecule has 2 fully saturated rings. The van der Waals surface area contributed by atoms with Crippen LogP contribution >= 0.6 is 23.4 Å². The molecule has 2 N–H and O–H groups in total. The Morgan fingerprint density at radius 1 is 1.29 bits per heavy atom. The summed E-state index contributed by atoms with van der Waals surface area (Å²) in [6.07, 6.45) is 2.86. The standard InChI is InChI=1S/C17H21ClN2O3S/c1-10-15(11-6-8-12(18)9-7-11)24-17(23)20(10)16(22)19-13-4-2-3-5-14(13)21/h6-10,13-15,21H,2-5H2,1H3,(H,19,22)/t10-,13?,14?,15-/m1/s1. The molecule has 1 saturated heterocycles. The van der Waals surface area contributed by atoms with Crippen molar-refractivity contribution < 1.29 is 14.7 Å². The van der Waals surface area contributed by atoms with Gasteiger partial charge in [-0.1, -0.05) is 48.3 Å². The van der Waals surface area contributed by atoms with Crippen LogP contribution in [0.2, 0.25) is 5.02 Å². The Bertz CT molecular complexity index is 625. The van der Waals surface area contributed by atoms with Crippen LogP contribution < -0.4 is 5.32 Å². The van der Waals surface area contributed by atoms with E-state index in [0.29, 0.717) is 11.4 Å². The SMILES string of the molecule is C[C@@H]1[C@H](c2ccc(Cl)cc2)SC(=O)N1C(=O)NC1CCCCC1O. The molecule has 4 atom stereocenters. The summed E-state index contributed by atoms with van der Waals surface area (Å²) in [5.41, 5.74) is 0.971. The van der Waals surface area contributed by atoms with Gasteiger partial charge in [-0.05, 0) is 37.5 Å². The molecule has 0 aromatic heterocycles. The number of amides is 3. The minimum atomic E-state index is -0.532. The summed E-state index contributed by atoms with van der Waals surface area (Å²) in [6, 6.07) is 6.40. The van der Waals surface area contributed by atoms with Crippen LogP contribution in [0.3, 0.4) is 0 Å². The molecule has 1 aromatic rings. The Labute approximate surface area is 150 Å². The maximum Gasteiger partial charge on any atom is 0.325 e. The van der Waals surface area contributed by atoms with Gasteiger partial charge in [0.25, 0.3) is 5.24 Å². The number of thioether (sulfide) groups is 1. The first-order valence-electron chi connectivity index (χ1n) is 8.21. The number of aliphatic hydroxyl groups excluding tert-OH is 1. The molecule has 5 nitrogen and oxygen atoms in total. The van der Waals surface area contributed by atoms with Crippen LogP contribution in [0.4, 0.5) is 9.59 Å². The van der Waals surface area contributed by atoms with Crippen molar-refractivity contribution in [1.82, 2.24) is 10.2 Å². The first-order valence-corrected chi connectivity index (χ1v) is 9.47. The van der Waals surface area contributed by atoms with Gasteiger partial charge >= 0.3 is 6.03 Å². The van der Waals surface area contributed by atoms with Crippen LogP contribution in [0, 0.1) is 0 Å². The van der Waals surface area contributed by atoms with Crippen molar-refractivity contribution in [3.8, 4) is 0 Å². The number of hydrogen-bond donors (Lipinski definition) is 2. The molecular formula is C17H21ClN2O3S. The lowest BCUT2D eigenvalue weighted by Crippen LogP contribution is -2.52. The van der Waals surface area contributed by atoms with Crippen LogP contribution in [-0.2, 0) is 0 Å². The van der Waals surface area contributed by atoms with E-state index in [9.17, 15) is 14.7 Å². The number of halogens is 1. The van der Waals surface area contributed by atoms with Crippen molar-refractivity contribution in [3.05, 3.63) is 34.9 Å². The number of urea groups is 1. The van der Waals surface area contributed by atoms with Gasteiger partial charge in [-0.25, -0.2) is 4.79 Å². The fourth-order valence-electron chi connectivity index (χ4n) is 3.34. The van der Waals surface area contributed by atoms with Crippen LogP contribution in [0.15, 0.2) is 24.3 Å². The number of imide groups is 1. The smallest absolute Gasteiger partial charge is 0.325 e. The molecule has 3 rings (SSSR count). The van der Waals surface area contributed by atoms with Gasteiger partial charge in [-0.15, -0.1) is 0 Å². The number of aliphatic hydroxyl groups is 1. The van der Waals surface area contributed by atoms with E-state index >= 15 is 0 Å². The van der Waals surface area contributed by atoms with Gasteiger partial charge in [-0.3, -0.25) is 9.69 Å². The van der Waals surface area contributed by atoms with Gasteiger partial charge in [0.15, 0.2) is 0 Å². The molecule has 130 valence electrons. The Balaban J connectivity index is 1.70. The van der Waals surface area contributed by atoms with Gasteiger partial charge < -0.3 is 10.4 Å². The normalized spacial score (nSPS) is 30.5. The monoisotopic (exact) mass is 368 g/mol. The highest BCUT2D eigenvalue weighted by Gasteiger charge is 2.43. The number of hydrogen-bond acceptors (Lipinski definition) is 4. The van der Waals surface area contributed by atoms with E-state index < -0.39 is 12.1 Å². The molecule has 3 amide bonds. The third kappa shape index (κ3) is 3.55. The van der Waals surface area contributed by atoms with Crippen LogP contribution in [0.25, 0.3) is 0 Å². The van der Waals surface area contributed by atoms with E-state index in [0.717, 1.165) is 36.6 Å². The largest absolute Gasteiger partial charge is 0.391 e. The number of carbonyl (C=O) groups is 2. The molecule has 0 spiro atoms. The zero-order valence-corrected chi connectivity index (χ0v) is 15.0. The zero-order chi connectivity index (χ0) is 17.3. The topological polar surface area (TPSA) is 69.6 Å². The maximum atomic E-state index is 12.6. The summed E-state index contributed by atoms with van der Waals surface area (Å²) < 4.78 is 0. The average Bonchev–Trinajstić information content (AvgIpc) is 2.85. The second kappa shape index (κ2) is 7.33. The number of benzene rings is 1. The third-order valence-corrected chi connectivity index (χ3v) is 6.30. The van der Waals surface area contributed by atoms with Crippen molar-refractivity contribution >= 4 is 34.6 Å². The minimum absolute atomic E-state index is 0.114. The molecule has 1 saturated carbocycles. The summed E-state index contributed by atoms with van der Waals surface area (Å²) >= 11 is 7.07. The molecule has 1 heterocycles. The van der Waals surface area contributed by atoms with E-state index in [4.69, 9.17) is 11.6 Å². The zero-order valence-electron chi connectivity index (χ0n) is 13.4. The Hall–Kier alpha value is -1.24. The molecular weight excluding hydrogens is 348 g/mol. The molecule has 2 aliphatic rings. The fourth-order valence-corrected chi connectivity index (χ4v) is 4.66. The number of rotatable bonds is 2. The predicted molar refractivity (Wildman–Crippen MR) is 95.3 cm³/mol. The Morgan fingerprint density at radius 2 is 1.96 bits per heavy atom. The summed E-state index contributed by atoms with van der Waals surface area (Å²) in [5.74, 6) is 0. The predicted octanol–water partition coefficient (Wildman–Crippen LogP) is 3.95. The van der Waals surface area contributed by atoms with E-state index in [2.05, 4.69) is 5.32 Å². The highest BCUT2D eigenvalue weighted by Crippen LogP contribution is 2.43. The quantitative estimate of drug-likeness (QED) is 0.829. The summed E-state index contributed by atoms with van der Waals surface area (Å²) in [4.78, 5) is 26.2. The first kappa shape index (κ1) is 17.6. The highest BCUT2D eigenvalue weighted by atomic mass is 35.5. The summed E-state index contributed by atoms with van der Waals surface area (Å²) in [6.45, 7) is 1.87. The average molecular weight is 369 g/mol. The van der Waals surface area contributed by atoms with Gasteiger partial charge in [0.05, 0.1) is 23.4 Å². The van der Waals surface area contributed by atoms with Crippen molar-refractivity contribution in [2.24, 2.45) is 0 Å². The van der Waals surface area contributed by atoms with Crippen LogP contribution in [0.5, 0.6) is 0 Å². The van der Waals surface area contributed by atoms with Gasteiger partial charge in [0, 0.05) is 5.02 Å². The van der Waals surface area contributed by atoms with E-state index in [1.165, 1.54) is 4.90 Å². The molecule has 0 radical (unpaired) electrons. The minimum Gasteiger partial charge on any atom is -0.391 e. The molecule has 1 aliphatic heterocycles. The van der Waals surface area contributed by atoms with E-state index in [1.54, 1.807) is 12.1 Å². The van der Waals surface area contributed by atoms with Crippen LogP contribution in [-0.4, -0.2) is 39.5 Å². The lowest BCUT2D eigenvalue weighted by molar-refractivity contribution is 0.0904. The lowest BCUT2D eigenvalue weighted by atomic mass is 9.93. The molecule has 24 heavy (non-hydrogen) atoms. The molecule has 1 aromatic carbocycles. The van der Waals surface area contributed by atoms with Crippen molar-refractivity contribution in [3.63, 3.8) is 0 Å². The maximum absolute atomic E-state index is 12.6. The van der Waals surface area contributed by atoms with Crippen LogP contribution in [0.1, 0.15) is 43.4 Å². The molecule has 2 unspecified atom stereocenters. The molecule has 0 bridgehead atoms. The number of nitrogens with one attached hydrogen (secondary N) is 1. The van der Waals surface area contributed by atoms with Gasteiger partial charge in [0.2, 0.25) is 0 Å². The second-order valence-electron chi connectivity index (χ2n) is 6.37. The second-order valence-corrected chi connectivity index (χ2v) is 7.90. The highest BCUT2D eigenvalue weighted by molar-refractivity contribution is 8.14. The number of carbonyl (C=O) groups excluding carboxylic acids is 2. The van der Waals surface area contributed by atoms with Gasteiger partial charge in [0.1, 0.15) is 0 Å². The lowest BCUT2D eigenvalue weighted by Gasteiger charge is -2.31. The van der Waals surface area contributed by atoms with Crippen molar-refractivity contribution in [1.29, 1.82) is 0 Å². The molecule has 7 heteroatoms. The fraction of sp³-hybridized carbons (Fsp3) is 0.529. The summed E-state index contributed by atoms with van der Waals surface area (Å²) in [5, 5.41) is 13.1. The van der Waals surface area contributed by atoms with Crippen molar-refractivity contribution in [2.75, 3.05) is 0 Å². The van der Waals surface area contributed by atoms with Gasteiger partial charge in [-0.2, -0.15) is 0 Å².